The highest BCUT2D eigenvalue weighted by atomic mass is 79.9. The molecule has 0 unspecified atom stereocenters. The van der Waals surface area contributed by atoms with Crippen LogP contribution in [0.25, 0.3) is 10.9 Å². The van der Waals surface area contributed by atoms with Crippen LogP contribution in [0.2, 0.25) is 5.02 Å². The summed E-state index contributed by atoms with van der Waals surface area (Å²) in [6.45, 7) is 1.98. The van der Waals surface area contributed by atoms with E-state index in [-0.39, 0.29) is 0 Å². The average molecular weight is 260 g/mol. The lowest BCUT2D eigenvalue weighted by Crippen LogP contribution is -1.88. The SMILES string of the molecule is Cc1nn(C)c2ccc(Cl)c(Br)c12. The summed E-state index contributed by atoms with van der Waals surface area (Å²) in [4.78, 5) is 0. The van der Waals surface area contributed by atoms with Crippen LogP contribution in [0.1, 0.15) is 5.69 Å². The molecule has 0 fully saturated rings. The van der Waals surface area contributed by atoms with Crippen LogP contribution in [0.15, 0.2) is 16.6 Å². The van der Waals surface area contributed by atoms with Gasteiger partial charge in [-0.3, -0.25) is 4.68 Å². The van der Waals surface area contributed by atoms with Crippen molar-refractivity contribution in [3.63, 3.8) is 0 Å². The zero-order valence-corrected chi connectivity index (χ0v) is 9.65. The molecular weight excluding hydrogens is 251 g/mol. The fourth-order valence-corrected chi connectivity index (χ4v) is 2.26. The molecule has 0 aliphatic heterocycles. The molecule has 68 valence electrons. The lowest BCUT2D eigenvalue weighted by atomic mass is 10.2. The first-order valence-electron chi connectivity index (χ1n) is 3.88. The molecule has 1 aromatic heterocycles. The van der Waals surface area contributed by atoms with Gasteiger partial charge in [-0.2, -0.15) is 5.10 Å². The van der Waals surface area contributed by atoms with Crippen LogP contribution in [-0.2, 0) is 7.05 Å². The summed E-state index contributed by atoms with van der Waals surface area (Å²) >= 11 is 9.44. The van der Waals surface area contributed by atoms with Gasteiger partial charge in [-0.25, -0.2) is 0 Å². The van der Waals surface area contributed by atoms with Gasteiger partial charge in [0.25, 0.3) is 0 Å². The van der Waals surface area contributed by atoms with Crippen molar-refractivity contribution in [1.82, 2.24) is 9.78 Å². The molecule has 13 heavy (non-hydrogen) atoms. The highest BCUT2D eigenvalue weighted by Crippen LogP contribution is 2.32. The van der Waals surface area contributed by atoms with Crippen LogP contribution >= 0.6 is 27.5 Å². The lowest BCUT2D eigenvalue weighted by Gasteiger charge is -1.98. The van der Waals surface area contributed by atoms with E-state index in [4.69, 9.17) is 11.6 Å². The monoisotopic (exact) mass is 258 g/mol. The lowest BCUT2D eigenvalue weighted by molar-refractivity contribution is 0.783. The Bertz CT molecular complexity index is 476. The van der Waals surface area contributed by atoms with Gasteiger partial charge >= 0.3 is 0 Å². The first kappa shape index (κ1) is 9.03. The maximum absolute atomic E-state index is 5.98. The van der Waals surface area contributed by atoms with Gasteiger partial charge in [0.15, 0.2) is 0 Å². The molecular formula is C9H8BrClN2. The Kier molecular flexibility index (Phi) is 2.08. The molecule has 1 aromatic carbocycles. The van der Waals surface area contributed by atoms with Crippen molar-refractivity contribution in [2.75, 3.05) is 0 Å². The quantitative estimate of drug-likeness (QED) is 0.710. The third-order valence-electron chi connectivity index (χ3n) is 2.08. The van der Waals surface area contributed by atoms with E-state index in [1.165, 1.54) is 0 Å². The van der Waals surface area contributed by atoms with E-state index in [1.807, 2.05) is 30.8 Å². The molecule has 0 N–H and O–H groups in total. The molecule has 0 saturated heterocycles. The summed E-state index contributed by atoms with van der Waals surface area (Å²) in [5.74, 6) is 0. The van der Waals surface area contributed by atoms with Crippen LogP contribution in [0.3, 0.4) is 0 Å². The summed E-state index contributed by atoms with van der Waals surface area (Å²) in [6.07, 6.45) is 0. The van der Waals surface area contributed by atoms with Gasteiger partial charge in [0, 0.05) is 16.9 Å². The topological polar surface area (TPSA) is 17.8 Å². The molecule has 0 radical (unpaired) electrons. The minimum absolute atomic E-state index is 0.726. The number of hydrogen-bond acceptors (Lipinski definition) is 1. The summed E-state index contributed by atoms with van der Waals surface area (Å²) in [7, 11) is 1.93. The molecule has 0 aliphatic carbocycles. The van der Waals surface area contributed by atoms with E-state index in [2.05, 4.69) is 21.0 Å². The third kappa shape index (κ3) is 1.27. The van der Waals surface area contributed by atoms with E-state index in [0.29, 0.717) is 0 Å². The molecule has 2 rings (SSSR count). The average Bonchev–Trinajstić information content (AvgIpc) is 2.35. The number of fused-ring (bicyclic) bond motifs is 1. The molecule has 0 amide bonds. The molecule has 0 saturated carbocycles. The van der Waals surface area contributed by atoms with E-state index >= 15 is 0 Å². The Morgan fingerprint density at radius 1 is 1.46 bits per heavy atom. The van der Waals surface area contributed by atoms with Gasteiger partial charge in [-0.05, 0) is 35.0 Å². The van der Waals surface area contributed by atoms with E-state index in [0.717, 1.165) is 26.1 Å². The molecule has 2 nitrogen and oxygen atoms in total. The van der Waals surface area contributed by atoms with Gasteiger partial charge in [0.1, 0.15) is 0 Å². The first-order valence-corrected chi connectivity index (χ1v) is 5.05. The fraction of sp³-hybridized carbons (Fsp3) is 0.222. The number of aryl methyl sites for hydroxylation is 2. The Hall–Kier alpha value is -0.540. The van der Waals surface area contributed by atoms with E-state index in [1.54, 1.807) is 0 Å². The van der Waals surface area contributed by atoms with Crippen molar-refractivity contribution in [2.45, 2.75) is 6.92 Å². The van der Waals surface area contributed by atoms with Gasteiger partial charge in [0.05, 0.1) is 16.2 Å². The molecule has 0 aliphatic rings. The van der Waals surface area contributed by atoms with Gasteiger partial charge in [0.2, 0.25) is 0 Å². The third-order valence-corrected chi connectivity index (χ3v) is 3.45. The highest BCUT2D eigenvalue weighted by molar-refractivity contribution is 9.10. The van der Waals surface area contributed by atoms with Crippen molar-refractivity contribution in [3.8, 4) is 0 Å². The maximum atomic E-state index is 5.98. The standard InChI is InChI=1S/C9H8BrClN2/c1-5-8-7(13(2)12-5)4-3-6(11)9(8)10/h3-4H,1-2H3. The molecule has 2 aromatic rings. The van der Waals surface area contributed by atoms with Crippen molar-refractivity contribution in [1.29, 1.82) is 0 Å². The predicted molar refractivity (Wildman–Crippen MR) is 58.2 cm³/mol. The molecule has 0 atom stereocenters. The van der Waals surface area contributed by atoms with Gasteiger partial charge < -0.3 is 0 Å². The Morgan fingerprint density at radius 3 is 2.85 bits per heavy atom. The van der Waals surface area contributed by atoms with Gasteiger partial charge in [-0.15, -0.1) is 0 Å². The number of hydrogen-bond donors (Lipinski definition) is 0. The van der Waals surface area contributed by atoms with E-state index in [9.17, 15) is 0 Å². The maximum Gasteiger partial charge on any atom is 0.0694 e. The molecule has 1 heterocycles. The van der Waals surface area contributed by atoms with Crippen LogP contribution in [0, 0.1) is 6.92 Å². The van der Waals surface area contributed by atoms with Crippen LogP contribution in [0.4, 0.5) is 0 Å². The minimum atomic E-state index is 0.726. The Labute approximate surface area is 89.6 Å². The van der Waals surface area contributed by atoms with Crippen molar-refractivity contribution in [2.24, 2.45) is 7.05 Å². The van der Waals surface area contributed by atoms with Crippen LogP contribution < -0.4 is 0 Å². The zero-order valence-electron chi connectivity index (χ0n) is 7.31. The predicted octanol–water partition coefficient (Wildman–Crippen LogP) is 3.30. The molecule has 4 heteroatoms. The molecule has 0 spiro atoms. The van der Waals surface area contributed by atoms with Crippen molar-refractivity contribution >= 4 is 38.4 Å². The summed E-state index contributed by atoms with van der Waals surface area (Å²) in [5.41, 5.74) is 2.08. The van der Waals surface area contributed by atoms with Crippen LogP contribution in [0.5, 0.6) is 0 Å². The number of nitrogens with zero attached hydrogens (tertiary/aromatic N) is 2. The Balaban J connectivity index is 2.98. The normalized spacial score (nSPS) is 11.1. The van der Waals surface area contributed by atoms with E-state index < -0.39 is 0 Å². The second-order valence-electron chi connectivity index (χ2n) is 2.96. The second kappa shape index (κ2) is 3.00. The summed E-state index contributed by atoms with van der Waals surface area (Å²) in [5, 5.41) is 6.14. The summed E-state index contributed by atoms with van der Waals surface area (Å²) in [6, 6.07) is 3.84. The zero-order chi connectivity index (χ0) is 9.59. The number of halogens is 2. The molecule has 0 bridgehead atoms. The largest absolute Gasteiger partial charge is 0.268 e. The first-order chi connectivity index (χ1) is 6.11. The number of benzene rings is 1. The Morgan fingerprint density at radius 2 is 2.15 bits per heavy atom. The second-order valence-corrected chi connectivity index (χ2v) is 4.16. The highest BCUT2D eigenvalue weighted by Gasteiger charge is 2.10. The van der Waals surface area contributed by atoms with Crippen LogP contribution in [-0.4, -0.2) is 9.78 Å². The number of aromatic nitrogens is 2. The fourth-order valence-electron chi connectivity index (χ4n) is 1.48. The summed E-state index contributed by atoms with van der Waals surface area (Å²) < 4.78 is 2.78. The van der Waals surface area contributed by atoms with Gasteiger partial charge in [-0.1, -0.05) is 11.6 Å². The van der Waals surface area contributed by atoms with Crippen molar-refractivity contribution in [3.05, 3.63) is 27.3 Å². The minimum Gasteiger partial charge on any atom is -0.268 e. The van der Waals surface area contributed by atoms with Crippen molar-refractivity contribution < 1.29 is 0 Å². The smallest absolute Gasteiger partial charge is 0.0694 e. The number of rotatable bonds is 0.